The molecule has 0 bridgehead atoms. The van der Waals surface area contributed by atoms with E-state index in [1.807, 2.05) is 12.2 Å². The molecule has 1 saturated heterocycles. The van der Waals surface area contributed by atoms with Gasteiger partial charge in [-0.3, -0.25) is 14.4 Å². The average Bonchev–Trinajstić information content (AvgIpc) is 3.40. The summed E-state index contributed by atoms with van der Waals surface area (Å²) in [6.45, 7) is 5.61. The number of rotatable bonds is 6. The number of allylic oxidation sites excluding steroid dienone is 2. The molecule has 1 saturated carbocycles. The number of benzene rings is 1. The average molecular weight is 665 g/mol. The second-order valence-corrected chi connectivity index (χ2v) is 15.6. The van der Waals surface area contributed by atoms with Crippen LogP contribution in [0, 0.1) is 11.3 Å². The van der Waals surface area contributed by atoms with Crippen molar-refractivity contribution in [1.29, 1.82) is 0 Å². The molecule has 3 aliphatic rings. The molecule has 1 aliphatic carbocycles. The van der Waals surface area contributed by atoms with Crippen molar-refractivity contribution in [2.45, 2.75) is 103 Å². The molecule has 45 heavy (non-hydrogen) atoms. The smallest absolute Gasteiger partial charge is 0.408 e. The number of alkyl carbamates (subject to hydrolysis) is 1. The van der Waals surface area contributed by atoms with Gasteiger partial charge in [0.05, 0.1) is 11.5 Å². The molecule has 1 aromatic rings. The van der Waals surface area contributed by atoms with E-state index in [9.17, 15) is 27.6 Å². The predicted molar refractivity (Wildman–Crippen MR) is 170 cm³/mol. The zero-order valence-corrected chi connectivity index (χ0v) is 28.1. The summed E-state index contributed by atoms with van der Waals surface area (Å²) in [5.74, 6) is -1.65. The summed E-state index contributed by atoms with van der Waals surface area (Å²) in [6.07, 6.45) is 7.89. The van der Waals surface area contributed by atoms with Crippen LogP contribution in [0.25, 0.3) is 0 Å². The van der Waals surface area contributed by atoms with Gasteiger partial charge in [0, 0.05) is 31.6 Å². The first kappa shape index (κ1) is 34.9. The largest absolute Gasteiger partial charge is 0.444 e. The van der Waals surface area contributed by atoms with Gasteiger partial charge in [-0.15, -0.1) is 0 Å². The normalized spacial score (nSPS) is 27.1. The first-order valence-corrected chi connectivity index (χ1v) is 17.5. The molecular formula is C32H45ClN4O7S. The monoisotopic (exact) mass is 664 g/mol. The van der Waals surface area contributed by atoms with E-state index in [-0.39, 0.29) is 30.6 Å². The summed E-state index contributed by atoms with van der Waals surface area (Å²) in [7, 11) is -2.85. The van der Waals surface area contributed by atoms with Crippen LogP contribution in [0.1, 0.15) is 84.1 Å². The highest BCUT2D eigenvalue weighted by atomic mass is 35.5. The number of carbonyl (C=O) groups excluding carboxylic acids is 4. The predicted octanol–water partition coefficient (Wildman–Crippen LogP) is 4.50. The van der Waals surface area contributed by atoms with E-state index in [1.54, 1.807) is 45.0 Å². The van der Waals surface area contributed by atoms with E-state index in [2.05, 4.69) is 10.0 Å². The van der Waals surface area contributed by atoms with Crippen LogP contribution in [-0.2, 0) is 35.9 Å². The number of carbonyl (C=O) groups is 4. The van der Waals surface area contributed by atoms with Crippen molar-refractivity contribution in [2.24, 2.45) is 11.3 Å². The Hall–Kier alpha value is -2.96. The summed E-state index contributed by atoms with van der Waals surface area (Å²) in [4.78, 5) is 55.4. The summed E-state index contributed by atoms with van der Waals surface area (Å²) < 4.78 is 35.1. The van der Waals surface area contributed by atoms with Gasteiger partial charge in [0.15, 0.2) is 5.78 Å². The first-order valence-electron chi connectivity index (χ1n) is 15.6. The van der Waals surface area contributed by atoms with Gasteiger partial charge in [0.1, 0.15) is 11.6 Å². The zero-order chi connectivity index (χ0) is 33.0. The molecule has 11 nitrogen and oxygen atoms in total. The third kappa shape index (κ3) is 9.07. The molecule has 13 heteroatoms. The van der Waals surface area contributed by atoms with Crippen molar-refractivity contribution in [1.82, 2.24) is 19.2 Å². The minimum Gasteiger partial charge on any atom is -0.444 e. The van der Waals surface area contributed by atoms with Gasteiger partial charge in [-0.1, -0.05) is 48.7 Å². The Balaban J connectivity index is 1.52. The van der Waals surface area contributed by atoms with Gasteiger partial charge in [-0.25, -0.2) is 9.52 Å². The summed E-state index contributed by atoms with van der Waals surface area (Å²) in [6, 6.07) is 5.12. The second-order valence-electron chi connectivity index (χ2n) is 13.4. The van der Waals surface area contributed by atoms with Crippen LogP contribution in [0.5, 0.6) is 0 Å². The fraction of sp³-hybridized carbons (Fsp3) is 0.625. The van der Waals surface area contributed by atoms with Crippen molar-refractivity contribution >= 4 is 45.5 Å². The van der Waals surface area contributed by atoms with Gasteiger partial charge >= 0.3 is 16.3 Å². The fourth-order valence-corrected chi connectivity index (χ4v) is 7.15. The van der Waals surface area contributed by atoms with Crippen LogP contribution >= 0.6 is 11.6 Å². The lowest BCUT2D eigenvalue weighted by molar-refractivity contribution is -0.140. The number of nitrogens with one attached hydrogen (secondary N) is 2. The number of ether oxygens (including phenoxy) is 1. The molecule has 3 amide bonds. The Morgan fingerprint density at radius 3 is 2.49 bits per heavy atom. The van der Waals surface area contributed by atoms with Crippen molar-refractivity contribution in [3.05, 3.63) is 47.0 Å². The number of ketones is 1. The van der Waals surface area contributed by atoms with E-state index < -0.39 is 45.3 Å². The number of hydrogen-bond acceptors (Lipinski definition) is 7. The molecule has 248 valence electrons. The van der Waals surface area contributed by atoms with Crippen LogP contribution in [0.4, 0.5) is 4.79 Å². The van der Waals surface area contributed by atoms with Gasteiger partial charge in [-0.05, 0) is 82.9 Å². The van der Waals surface area contributed by atoms with Crippen LogP contribution < -0.4 is 10.0 Å². The van der Waals surface area contributed by atoms with Gasteiger partial charge in [0.25, 0.3) is 0 Å². The minimum absolute atomic E-state index is 0.0205. The van der Waals surface area contributed by atoms with Crippen molar-refractivity contribution < 1.29 is 32.3 Å². The molecule has 2 N–H and O–H groups in total. The molecule has 0 radical (unpaired) electrons. The zero-order valence-electron chi connectivity index (χ0n) is 26.5. The maximum Gasteiger partial charge on any atom is 0.408 e. The van der Waals surface area contributed by atoms with E-state index in [1.165, 1.54) is 11.9 Å². The molecule has 2 aliphatic heterocycles. The highest BCUT2D eigenvalue weighted by Crippen LogP contribution is 2.57. The highest BCUT2D eigenvalue weighted by Gasteiger charge is 2.61. The molecular weight excluding hydrogens is 620 g/mol. The minimum atomic E-state index is -4.22. The van der Waals surface area contributed by atoms with Crippen LogP contribution in [0.2, 0.25) is 5.02 Å². The number of hydrogen-bond donors (Lipinski definition) is 2. The van der Waals surface area contributed by atoms with Crippen molar-refractivity contribution in [2.75, 3.05) is 13.6 Å². The van der Waals surface area contributed by atoms with E-state index in [0.717, 1.165) is 23.6 Å². The van der Waals surface area contributed by atoms with Gasteiger partial charge in [0.2, 0.25) is 11.8 Å². The Labute approximate surface area is 271 Å². The van der Waals surface area contributed by atoms with Crippen LogP contribution in [-0.4, -0.2) is 72.6 Å². The maximum absolute atomic E-state index is 13.8. The third-order valence-corrected chi connectivity index (χ3v) is 10.3. The molecule has 1 aromatic carbocycles. The molecule has 2 fully saturated rings. The van der Waals surface area contributed by atoms with E-state index in [4.69, 9.17) is 16.3 Å². The Morgan fingerprint density at radius 1 is 1.09 bits per heavy atom. The Morgan fingerprint density at radius 2 is 1.80 bits per heavy atom. The number of halogens is 1. The lowest BCUT2D eigenvalue weighted by atomic mass is 9.91. The maximum atomic E-state index is 13.8. The van der Waals surface area contributed by atoms with Crippen molar-refractivity contribution in [3.63, 3.8) is 0 Å². The molecule has 4 rings (SSSR count). The quantitative estimate of drug-likeness (QED) is 0.427. The molecule has 2 heterocycles. The van der Waals surface area contributed by atoms with E-state index in [0.29, 0.717) is 49.2 Å². The lowest BCUT2D eigenvalue weighted by Gasteiger charge is -2.30. The number of nitrogens with zero attached hydrogens (tertiary/aromatic N) is 2. The summed E-state index contributed by atoms with van der Waals surface area (Å²) in [5, 5.41) is 3.25. The van der Waals surface area contributed by atoms with Crippen LogP contribution in [0.15, 0.2) is 36.4 Å². The summed E-state index contributed by atoms with van der Waals surface area (Å²) in [5.41, 5.74) is -1.27. The number of fused-ring (bicyclic) bond motifs is 2. The van der Waals surface area contributed by atoms with E-state index >= 15 is 0 Å². The topological polar surface area (TPSA) is 142 Å². The van der Waals surface area contributed by atoms with Crippen molar-refractivity contribution in [3.8, 4) is 0 Å². The number of Topliss-reactive ketones (excluding diaryl/α,β-unsaturated/α-hetero) is 1. The number of amides is 3. The third-order valence-electron chi connectivity index (χ3n) is 8.65. The highest BCUT2D eigenvalue weighted by molar-refractivity contribution is 7.87. The SMILES string of the molecule is CN(Cc1ccc(Cl)cc1)S(=O)(=O)NC(=O)[C@]12CC(=O)[C@@H]3CCCN3C(=O)[C@@H](NC(=O)OC(C)(C)C)CCCCC/C=C\[C@@H]1C2. The lowest BCUT2D eigenvalue weighted by Crippen LogP contribution is -2.53. The van der Waals surface area contributed by atoms with Gasteiger partial charge < -0.3 is 15.0 Å². The first-order chi connectivity index (χ1) is 21.1. The molecule has 0 unspecified atom stereocenters. The molecule has 0 aromatic heterocycles. The Bertz CT molecular complexity index is 1410. The fourth-order valence-electron chi connectivity index (χ4n) is 6.11. The molecule has 4 atom stereocenters. The van der Waals surface area contributed by atoms with Crippen LogP contribution in [0.3, 0.4) is 0 Å². The standard InChI is InChI=1S/C32H45ClN4O7S/c1-31(2,3)44-30(41)34-25-12-9-7-5-6-8-11-23-19-32(23,20-27(38)26-13-10-18-37(26)28(25)39)29(40)35-45(42,43)36(4)21-22-14-16-24(33)17-15-22/h8,11,14-17,23,25-26H,5-7,9-10,12-13,18-21H2,1-4H3,(H,34,41)(H,35,40)/b11-8-/t23-,25+,26+,32-/m1/s1. The Kier molecular flexibility index (Phi) is 11.0. The molecule has 0 spiro atoms. The second kappa shape index (κ2) is 14.2. The van der Waals surface area contributed by atoms with Gasteiger partial charge in [-0.2, -0.15) is 12.7 Å². The summed E-state index contributed by atoms with van der Waals surface area (Å²) >= 11 is 5.94.